The second-order valence-corrected chi connectivity index (χ2v) is 3.28. The van der Waals surface area contributed by atoms with E-state index in [0.717, 1.165) is 6.42 Å². The average Bonchev–Trinajstić information content (AvgIpc) is 2.14. The van der Waals surface area contributed by atoms with Gasteiger partial charge in [0.1, 0.15) is 0 Å². The van der Waals surface area contributed by atoms with Crippen LogP contribution in [0.1, 0.15) is 26.2 Å². The zero-order chi connectivity index (χ0) is 10.6. The van der Waals surface area contributed by atoms with Gasteiger partial charge in [0.15, 0.2) is 0 Å². The summed E-state index contributed by atoms with van der Waals surface area (Å²) in [5, 5.41) is 8.53. The highest BCUT2D eigenvalue weighted by Gasteiger charge is 2.28. The third kappa shape index (κ3) is 2.61. The maximum absolute atomic E-state index is 11.2. The van der Waals surface area contributed by atoms with Gasteiger partial charge >= 0.3 is 12.1 Å². The summed E-state index contributed by atoms with van der Waals surface area (Å²) < 4.78 is 4.86. The number of ether oxygens (including phenoxy) is 1. The Hall–Kier alpha value is -1.26. The van der Waals surface area contributed by atoms with Gasteiger partial charge in [-0.05, 0) is 13.3 Å². The fourth-order valence-corrected chi connectivity index (χ4v) is 1.65. The lowest BCUT2D eigenvalue weighted by Crippen LogP contribution is -2.45. The number of carbonyl (C=O) groups excluding carboxylic acids is 1. The maximum atomic E-state index is 11.2. The van der Waals surface area contributed by atoms with Gasteiger partial charge in [0.25, 0.3) is 0 Å². The molecule has 0 aromatic carbocycles. The monoisotopic (exact) mass is 201 g/mol. The second-order valence-electron chi connectivity index (χ2n) is 3.28. The van der Waals surface area contributed by atoms with Gasteiger partial charge in [0.05, 0.1) is 6.61 Å². The minimum absolute atomic E-state index is 0.0253. The first-order valence-electron chi connectivity index (χ1n) is 4.80. The van der Waals surface area contributed by atoms with Crippen molar-refractivity contribution in [1.29, 1.82) is 0 Å². The first-order valence-corrected chi connectivity index (χ1v) is 4.80. The van der Waals surface area contributed by atoms with Crippen molar-refractivity contribution in [2.75, 3.05) is 13.2 Å². The molecular formula is C9H15NO4. The van der Waals surface area contributed by atoms with Crippen LogP contribution in [-0.2, 0) is 9.53 Å². The standard InChI is InChI=1S/C9H15NO4/c1-2-10-7(3-4-8(11)12)5-6-14-9(10)13/h7H,2-6H2,1H3,(H,11,12). The average molecular weight is 201 g/mol. The summed E-state index contributed by atoms with van der Waals surface area (Å²) in [6.45, 7) is 2.84. The Morgan fingerprint density at radius 1 is 1.71 bits per heavy atom. The molecule has 1 atom stereocenters. The van der Waals surface area contributed by atoms with Crippen molar-refractivity contribution in [1.82, 2.24) is 4.90 Å². The highest BCUT2D eigenvalue weighted by Crippen LogP contribution is 2.17. The van der Waals surface area contributed by atoms with Gasteiger partial charge in [-0.3, -0.25) is 4.79 Å². The van der Waals surface area contributed by atoms with Crippen LogP contribution in [-0.4, -0.2) is 41.3 Å². The van der Waals surface area contributed by atoms with Crippen molar-refractivity contribution < 1.29 is 19.4 Å². The number of hydrogen-bond donors (Lipinski definition) is 1. The molecule has 1 amide bonds. The van der Waals surface area contributed by atoms with E-state index < -0.39 is 5.97 Å². The van der Waals surface area contributed by atoms with Gasteiger partial charge in [-0.2, -0.15) is 0 Å². The van der Waals surface area contributed by atoms with E-state index in [1.165, 1.54) is 0 Å². The van der Waals surface area contributed by atoms with Crippen molar-refractivity contribution in [2.45, 2.75) is 32.2 Å². The molecular weight excluding hydrogens is 186 g/mol. The zero-order valence-corrected chi connectivity index (χ0v) is 8.23. The number of amides is 1. The van der Waals surface area contributed by atoms with Crippen molar-refractivity contribution in [3.8, 4) is 0 Å². The first-order chi connectivity index (χ1) is 6.65. The van der Waals surface area contributed by atoms with E-state index in [1.54, 1.807) is 4.90 Å². The molecule has 0 aromatic heterocycles. The van der Waals surface area contributed by atoms with Gasteiger partial charge in [0.2, 0.25) is 0 Å². The lowest BCUT2D eigenvalue weighted by atomic mass is 10.1. The number of rotatable bonds is 4. The Kier molecular flexibility index (Phi) is 3.73. The van der Waals surface area contributed by atoms with Crippen LogP contribution in [0, 0.1) is 0 Å². The number of nitrogens with zero attached hydrogens (tertiary/aromatic N) is 1. The molecule has 1 fully saturated rings. The minimum Gasteiger partial charge on any atom is -0.481 e. The molecule has 1 N–H and O–H groups in total. The molecule has 1 aliphatic heterocycles. The van der Waals surface area contributed by atoms with E-state index in [9.17, 15) is 9.59 Å². The molecule has 0 aromatic rings. The van der Waals surface area contributed by atoms with Crippen LogP contribution in [0.4, 0.5) is 4.79 Å². The van der Waals surface area contributed by atoms with Crippen LogP contribution < -0.4 is 0 Å². The highest BCUT2D eigenvalue weighted by molar-refractivity contribution is 5.69. The molecule has 1 unspecified atom stereocenters. The second kappa shape index (κ2) is 4.83. The summed E-state index contributed by atoms with van der Waals surface area (Å²) in [6, 6.07) is 0.0253. The highest BCUT2D eigenvalue weighted by atomic mass is 16.6. The number of hydrogen-bond acceptors (Lipinski definition) is 3. The molecule has 0 aliphatic carbocycles. The SMILES string of the molecule is CCN1C(=O)OCCC1CCC(=O)O. The number of cyclic esters (lactones) is 1. The molecule has 5 heteroatoms. The van der Waals surface area contributed by atoms with Crippen LogP contribution in [0.3, 0.4) is 0 Å². The largest absolute Gasteiger partial charge is 0.481 e. The van der Waals surface area contributed by atoms with Crippen molar-refractivity contribution >= 4 is 12.1 Å². The molecule has 1 aliphatic rings. The zero-order valence-electron chi connectivity index (χ0n) is 8.23. The first kappa shape index (κ1) is 10.8. The van der Waals surface area contributed by atoms with E-state index in [1.807, 2.05) is 6.92 Å². The summed E-state index contributed by atoms with van der Waals surface area (Å²) >= 11 is 0. The molecule has 0 saturated carbocycles. The van der Waals surface area contributed by atoms with E-state index >= 15 is 0 Å². The fraction of sp³-hybridized carbons (Fsp3) is 0.778. The van der Waals surface area contributed by atoms with Crippen LogP contribution in [0.15, 0.2) is 0 Å². The quantitative estimate of drug-likeness (QED) is 0.739. The lowest BCUT2D eigenvalue weighted by molar-refractivity contribution is -0.137. The summed E-state index contributed by atoms with van der Waals surface area (Å²) in [5.41, 5.74) is 0. The number of carboxylic acid groups (broad SMARTS) is 1. The van der Waals surface area contributed by atoms with Crippen LogP contribution >= 0.6 is 0 Å². The van der Waals surface area contributed by atoms with E-state index in [2.05, 4.69) is 0 Å². The lowest BCUT2D eigenvalue weighted by Gasteiger charge is -2.33. The number of carbonyl (C=O) groups is 2. The smallest absolute Gasteiger partial charge is 0.409 e. The van der Waals surface area contributed by atoms with Gasteiger partial charge in [-0.25, -0.2) is 4.79 Å². The molecule has 0 radical (unpaired) electrons. The molecule has 0 bridgehead atoms. The van der Waals surface area contributed by atoms with Gasteiger partial charge in [0, 0.05) is 25.4 Å². The van der Waals surface area contributed by atoms with Gasteiger partial charge in [-0.1, -0.05) is 0 Å². The van der Waals surface area contributed by atoms with E-state index in [0.29, 0.717) is 19.6 Å². The van der Waals surface area contributed by atoms with Gasteiger partial charge in [-0.15, -0.1) is 0 Å². The van der Waals surface area contributed by atoms with E-state index in [4.69, 9.17) is 9.84 Å². The predicted octanol–water partition coefficient (Wildman–Crippen LogP) is 1.08. The Balaban J connectivity index is 2.47. The Bertz CT molecular complexity index is 229. The summed E-state index contributed by atoms with van der Waals surface area (Å²) in [6.07, 6.45) is 1.02. The molecule has 80 valence electrons. The number of carboxylic acids is 1. The minimum atomic E-state index is -0.819. The maximum Gasteiger partial charge on any atom is 0.409 e. The van der Waals surface area contributed by atoms with Gasteiger partial charge < -0.3 is 14.7 Å². The number of aliphatic carboxylic acids is 1. The Morgan fingerprint density at radius 2 is 2.43 bits per heavy atom. The third-order valence-corrected chi connectivity index (χ3v) is 2.38. The van der Waals surface area contributed by atoms with Crippen molar-refractivity contribution in [3.63, 3.8) is 0 Å². The summed E-state index contributed by atoms with van der Waals surface area (Å²) in [4.78, 5) is 23.2. The van der Waals surface area contributed by atoms with Crippen LogP contribution in [0.2, 0.25) is 0 Å². The molecule has 1 saturated heterocycles. The van der Waals surface area contributed by atoms with E-state index in [-0.39, 0.29) is 18.6 Å². The fourth-order valence-electron chi connectivity index (χ4n) is 1.65. The molecule has 1 rings (SSSR count). The molecule has 5 nitrogen and oxygen atoms in total. The Morgan fingerprint density at radius 3 is 3.00 bits per heavy atom. The van der Waals surface area contributed by atoms with Crippen LogP contribution in [0.25, 0.3) is 0 Å². The summed E-state index contributed by atoms with van der Waals surface area (Å²) in [5.74, 6) is -0.819. The van der Waals surface area contributed by atoms with Crippen molar-refractivity contribution in [2.24, 2.45) is 0 Å². The molecule has 1 heterocycles. The third-order valence-electron chi connectivity index (χ3n) is 2.38. The summed E-state index contributed by atoms with van der Waals surface area (Å²) in [7, 11) is 0. The molecule has 0 spiro atoms. The molecule has 14 heavy (non-hydrogen) atoms. The normalized spacial score (nSPS) is 21.9. The Labute approximate surface area is 82.6 Å². The topological polar surface area (TPSA) is 66.8 Å². The van der Waals surface area contributed by atoms with Crippen LogP contribution in [0.5, 0.6) is 0 Å². The predicted molar refractivity (Wildman–Crippen MR) is 49.0 cm³/mol. The van der Waals surface area contributed by atoms with Crippen molar-refractivity contribution in [3.05, 3.63) is 0 Å².